The molecule has 5 nitrogen and oxygen atoms in total. The van der Waals surface area contributed by atoms with Crippen molar-refractivity contribution in [2.24, 2.45) is 0 Å². The van der Waals surface area contributed by atoms with E-state index in [1.54, 1.807) is 18.5 Å². The van der Waals surface area contributed by atoms with Crippen molar-refractivity contribution in [3.05, 3.63) is 54.1 Å². The third-order valence-electron chi connectivity index (χ3n) is 2.82. The Balaban J connectivity index is 1.86. The van der Waals surface area contributed by atoms with Gasteiger partial charge in [-0.25, -0.2) is 4.98 Å². The number of carbonyl (C=O) groups excluding carboxylic acids is 1. The van der Waals surface area contributed by atoms with Gasteiger partial charge in [0.1, 0.15) is 5.82 Å². The van der Waals surface area contributed by atoms with Gasteiger partial charge in [-0.05, 0) is 23.8 Å². The Bertz CT molecular complexity index is 570. The fourth-order valence-electron chi connectivity index (χ4n) is 1.68. The second kappa shape index (κ2) is 6.56. The smallest absolute Gasteiger partial charge is 0.244 e. The molecule has 0 saturated heterocycles. The number of imidazole rings is 1. The van der Waals surface area contributed by atoms with Gasteiger partial charge in [0, 0.05) is 38.3 Å². The number of nitrogens with one attached hydrogen (secondary N) is 2. The lowest BCUT2D eigenvalue weighted by atomic mass is 10.2. The normalized spacial score (nSPS) is 10.7. The van der Waals surface area contributed by atoms with Crippen molar-refractivity contribution >= 4 is 17.7 Å². The standard InChI is InChI=1S/C15H18N4O/c1-19(2)13-6-3-12(4-7-13)5-8-15(20)18-11-14-16-9-10-17-14/h3-10H,11H2,1-2H3,(H,16,17)(H,18,20). The summed E-state index contributed by atoms with van der Waals surface area (Å²) in [6.07, 6.45) is 6.69. The fraction of sp³-hybridized carbons (Fsp3) is 0.200. The number of aromatic amines is 1. The van der Waals surface area contributed by atoms with E-state index in [9.17, 15) is 4.79 Å². The summed E-state index contributed by atoms with van der Waals surface area (Å²) in [6.45, 7) is 0.399. The molecule has 2 N–H and O–H groups in total. The predicted molar refractivity (Wildman–Crippen MR) is 80.2 cm³/mol. The van der Waals surface area contributed by atoms with Crippen LogP contribution in [0.2, 0.25) is 0 Å². The van der Waals surface area contributed by atoms with E-state index in [0.717, 1.165) is 17.1 Å². The molecular weight excluding hydrogens is 252 g/mol. The number of rotatable bonds is 5. The van der Waals surface area contributed by atoms with Crippen molar-refractivity contribution in [1.82, 2.24) is 15.3 Å². The summed E-state index contributed by atoms with van der Waals surface area (Å²) in [5, 5.41) is 2.76. The molecule has 0 bridgehead atoms. The molecule has 0 fully saturated rings. The predicted octanol–water partition coefficient (Wildman–Crippen LogP) is 1.81. The van der Waals surface area contributed by atoms with Gasteiger partial charge in [0.25, 0.3) is 0 Å². The Labute approximate surface area is 118 Å². The van der Waals surface area contributed by atoms with Crippen LogP contribution in [0.25, 0.3) is 6.08 Å². The lowest BCUT2D eigenvalue weighted by Crippen LogP contribution is -2.20. The maximum Gasteiger partial charge on any atom is 0.244 e. The molecule has 2 aromatic rings. The average molecular weight is 270 g/mol. The molecule has 20 heavy (non-hydrogen) atoms. The zero-order chi connectivity index (χ0) is 14.4. The van der Waals surface area contributed by atoms with Gasteiger partial charge in [-0.1, -0.05) is 12.1 Å². The van der Waals surface area contributed by atoms with E-state index < -0.39 is 0 Å². The molecule has 0 unspecified atom stereocenters. The Hall–Kier alpha value is -2.56. The molecule has 0 radical (unpaired) electrons. The van der Waals surface area contributed by atoms with Gasteiger partial charge in [0.05, 0.1) is 6.54 Å². The van der Waals surface area contributed by atoms with Crippen molar-refractivity contribution in [3.8, 4) is 0 Å². The number of anilines is 1. The Morgan fingerprint density at radius 3 is 2.70 bits per heavy atom. The Morgan fingerprint density at radius 1 is 1.35 bits per heavy atom. The topological polar surface area (TPSA) is 61.0 Å². The number of benzene rings is 1. The van der Waals surface area contributed by atoms with Crippen molar-refractivity contribution < 1.29 is 4.79 Å². The molecule has 0 aliphatic heterocycles. The summed E-state index contributed by atoms with van der Waals surface area (Å²) in [6, 6.07) is 7.98. The highest BCUT2D eigenvalue weighted by Gasteiger charge is 1.98. The van der Waals surface area contributed by atoms with Gasteiger partial charge in [-0.15, -0.1) is 0 Å². The van der Waals surface area contributed by atoms with E-state index in [1.807, 2.05) is 43.3 Å². The number of carbonyl (C=O) groups is 1. The van der Waals surface area contributed by atoms with Crippen LogP contribution in [0, 0.1) is 0 Å². The van der Waals surface area contributed by atoms with Crippen LogP contribution in [0.15, 0.2) is 42.7 Å². The lowest BCUT2D eigenvalue weighted by molar-refractivity contribution is -0.116. The SMILES string of the molecule is CN(C)c1ccc(C=CC(=O)NCc2ncc[nH]2)cc1. The molecule has 1 aromatic heterocycles. The summed E-state index contributed by atoms with van der Waals surface area (Å²) < 4.78 is 0. The molecule has 0 spiro atoms. The summed E-state index contributed by atoms with van der Waals surface area (Å²) in [5.41, 5.74) is 2.12. The van der Waals surface area contributed by atoms with E-state index in [1.165, 1.54) is 6.08 Å². The molecule has 0 aliphatic carbocycles. The molecule has 0 aliphatic rings. The van der Waals surface area contributed by atoms with E-state index in [4.69, 9.17) is 0 Å². The largest absolute Gasteiger partial charge is 0.378 e. The zero-order valence-electron chi connectivity index (χ0n) is 11.6. The fourth-order valence-corrected chi connectivity index (χ4v) is 1.68. The number of hydrogen-bond acceptors (Lipinski definition) is 3. The van der Waals surface area contributed by atoms with E-state index >= 15 is 0 Å². The third kappa shape index (κ3) is 3.98. The van der Waals surface area contributed by atoms with Crippen LogP contribution in [0.1, 0.15) is 11.4 Å². The molecular formula is C15H18N4O. The van der Waals surface area contributed by atoms with Gasteiger partial charge >= 0.3 is 0 Å². The van der Waals surface area contributed by atoms with Gasteiger partial charge in [-0.3, -0.25) is 4.79 Å². The van der Waals surface area contributed by atoms with Gasteiger partial charge < -0.3 is 15.2 Å². The zero-order valence-corrected chi connectivity index (χ0v) is 11.6. The van der Waals surface area contributed by atoms with Crippen molar-refractivity contribution in [1.29, 1.82) is 0 Å². The van der Waals surface area contributed by atoms with Crippen LogP contribution < -0.4 is 10.2 Å². The quantitative estimate of drug-likeness (QED) is 0.815. The van der Waals surface area contributed by atoms with Crippen molar-refractivity contribution in [2.45, 2.75) is 6.54 Å². The first-order chi connectivity index (χ1) is 9.65. The molecule has 104 valence electrons. The molecule has 0 saturated carbocycles. The van der Waals surface area contributed by atoms with Crippen LogP contribution in [0.5, 0.6) is 0 Å². The Kier molecular flexibility index (Phi) is 4.55. The molecule has 1 heterocycles. The second-order valence-corrected chi connectivity index (χ2v) is 4.57. The first-order valence-electron chi connectivity index (χ1n) is 6.37. The monoisotopic (exact) mass is 270 g/mol. The number of aromatic nitrogens is 2. The number of nitrogens with zero attached hydrogens (tertiary/aromatic N) is 2. The number of hydrogen-bond donors (Lipinski definition) is 2. The van der Waals surface area contributed by atoms with Crippen LogP contribution in [-0.4, -0.2) is 30.0 Å². The minimum atomic E-state index is -0.141. The maximum absolute atomic E-state index is 11.6. The summed E-state index contributed by atoms with van der Waals surface area (Å²) in [4.78, 5) is 20.6. The minimum Gasteiger partial charge on any atom is -0.378 e. The molecule has 2 rings (SSSR count). The highest BCUT2D eigenvalue weighted by molar-refractivity contribution is 5.91. The van der Waals surface area contributed by atoms with E-state index in [-0.39, 0.29) is 5.91 Å². The van der Waals surface area contributed by atoms with E-state index in [2.05, 4.69) is 15.3 Å². The molecule has 1 aromatic carbocycles. The number of amides is 1. The van der Waals surface area contributed by atoms with Crippen molar-refractivity contribution in [3.63, 3.8) is 0 Å². The molecule has 0 atom stereocenters. The second-order valence-electron chi connectivity index (χ2n) is 4.57. The van der Waals surface area contributed by atoms with Gasteiger partial charge in [0.15, 0.2) is 0 Å². The highest BCUT2D eigenvalue weighted by atomic mass is 16.1. The van der Waals surface area contributed by atoms with Crippen molar-refractivity contribution in [2.75, 3.05) is 19.0 Å². The molecule has 5 heteroatoms. The summed E-state index contributed by atoms with van der Waals surface area (Å²) in [5.74, 6) is 0.597. The van der Waals surface area contributed by atoms with Gasteiger partial charge in [-0.2, -0.15) is 0 Å². The van der Waals surface area contributed by atoms with Crippen LogP contribution in [0.4, 0.5) is 5.69 Å². The van der Waals surface area contributed by atoms with Gasteiger partial charge in [0.2, 0.25) is 5.91 Å². The Morgan fingerprint density at radius 2 is 2.10 bits per heavy atom. The minimum absolute atomic E-state index is 0.141. The first kappa shape index (κ1) is 13.9. The van der Waals surface area contributed by atoms with Crippen LogP contribution >= 0.6 is 0 Å². The number of H-pyrrole nitrogens is 1. The lowest BCUT2D eigenvalue weighted by Gasteiger charge is -2.11. The van der Waals surface area contributed by atoms with E-state index in [0.29, 0.717) is 6.54 Å². The van der Waals surface area contributed by atoms with Crippen LogP contribution in [0.3, 0.4) is 0 Å². The molecule has 1 amide bonds. The van der Waals surface area contributed by atoms with Crippen LogP contribution in [-0.2, 0) is 11.3 Å². The summed E-state index contributed by atoms with van der Waals surface area (Å²) >= 11 is 0. The first-order valence-corrected chi connectivity index (χ1v) is 6.37. The summed E-state index contributed by atoms with van der Waals surface area (Å²) in [7, 11) is 3.99. The highest BCUT2D eigenvalue weighted by Crippen LogP contribution is 2.12. The third-order valence-corrected chi connectivity index (χ3v) is 2.82. The maximum atomic E-state index is 11.6. The average Bonchev–Trinajstić information content (AvgIpc) is 2.96.